The van der Waals surface area contributed by atoms with Crippen molar-refractivity contribution in [3.8, 4) is 0 Å². The summed E-state index contributed by atoms with van der Waals surface area (Å²) in [5, 5.41) is 4.12. The lowest BCUT2D eigenvalue weighted by molar-refractivity contribution is 0.167. The number of anilines is 4. The Balaban J connectivity index is 1.85. The molecule has 0 aliphatic carbocycles. The highest BCUT2D eigenvalue weighted by atomic mass is 32.3. The smallest absolute Gasteiger partial charge is 0.411 e. The Morgan fingerprint density at radius 2 is 0.889 bits per heavy atom. The van der Waals surface area contributed by atoms with Gasteiger partial charge in [0.15, 0.2) is 24.8 Å². The topological polar surface area (TPSA) is 151 Å². The second kappa shape index (κ2) is 16.7. The van der Waals surface area contributed by atoms with Gasteiger partial charge >= 0.3 is 12.2 Å². The van der Waals surface area contributed by atoms with E-state index in [0.29, 0.717) is 11.4 Å². The summed E-state index contributed by atoms with van der Waals surface area (Å²) in [6.45, 7) is 17.9. The van der Waals surface area contributed by atoms with Crippen LogP contribution in [0.4, 0.5) is 32.3 Å². The van der Waals surface area contributed by atoms with E-state index in [2.05, 4.69) is 48.1 Å². The number of ether oxygens (including phenoxy) is 2. The van der Waals surface area contributed by atoms with Crippen LogP contribution in [-0.2, 0) is 29.1 Å². The van der Waals surface area contributed by atoms with Gasteiger partial charge in [-0.2, -0.15) is 0 Å². The van der Waals surface area contributed by atoms with E-state index in [1.807, 2.05) is 52.0 Å². The van der Waals surface area contributed by atoms with Crippen molar-refractivity contribution in [2.45, 2.75) is 55.4 Å². The molecule has 0 heterocycles. The van der Waals surface area contributed by atoms with Gasteiger partial charge in [0.25, 0.3) is 0 Å². The van der Waals surface area contributed by atoms with Crippen molar-refractivity contribution in [1.29, 1.82) is 0 Å². The van der Waals surface area contributed by atoms with Crippen molar-refractivity contribution in [3.05, 3.63) is 46.5 Å². The summed E-state index contributed by atoms with van der Waals surface area (Å²) in [6, 6.07) is 7.80. The Kier molecular flexibility index (Phi) is 14.0. The van der Waals surface area contributed by atoms with Crippen LogP contribution in [0.5, 0.6) is 0 Å². The average Bonchev–Trinajstić information content (AvgIpc) is 2.93. The van der Waals surface area contributed by atoms with E-state index in [-0.39, 0.29) is 0 Å². The van der Waals surface area contributed by atoms with E-state index >= 15 is 0 Å². The Labute approximate surface area is 268 Å². The van der Waals surface area contributed by atoms with E-state index in [0.717, 1.165) is 59.8 Å². The summed E-state index contributed by atoms with van der Waals surface area (Å²) >= 11 is 0. The average molecular weight is 669 g/mol. The summed E-state index contributed by atoms with van der Waals surface area (Å²) in [7, 11) is -8.26. The van der Waals surface area contributed by atoms with Crippen LogP contribution in [0, 0.1) is 27.7 Å². The highest BCUT2D eigenvalue weighted by Crippen LogP contribution is 2.28. The standard InChI is InChI=1S/C31H48N4O8S2/c1-9-34(10-2)26-17-22(5)28(23(6)18-26)32-30(36)42-13-15-44(38,39)21-45(40,41)16-14-43-31(37)33-29-24(7)19-27(20-25(29)8)35(11-3)12-4/h17-20H,9-16,21H2,1-8H3,(H,32,36)(H,33,37). The molecule has 0 bridgehead atoms. The number of carbonyl (C=O) groups is 2. The molecule has 12 nitrogen and oxygen atoms in total. The fourth-order valence-corrected chi connectivity index (χ4v) is 8.81. The van der Waals surface area contributed by atoms with Crippen LogP contribution >= 0.6 is 0 Å². The van der Waals surface area contributed by atoms with E-state index < -0.39 is 61.7 Å². The SMILES string of the molecule is CCN(CC)c1cc(C)c(NC(=O)OCCS(=O)(=O)CS(=O)(=O)CCOC(=O)Nc2c(C)cc(N(CC)CC)cc2C)c(C)c1. The Morgan fingerprint density at radius 1 is 0.600 bits per heavy atom. The summed E-state index contributed by atoms with van der Waals surface area (Å²) in [5.74, 6) is -1.36. The molecule has 0 atom stereocenters. The predicted octanol–water partition coefficient (Wildman–Crippen LogP) is 5.20. The fourth-order valence-electron chi connectivity index (χ4n) is 5.01. The molecule has 0 saturated heterocycles. The van der Waals surface area contributed by atoms with E-state index in [1.165, 1.54) is 0 Å². The molecule has 2 aromatic rings. The van der Waals surface area contributed by atoms with Crippen LogP contribution in [-0.4, -0.2) is 85.0 Å². The third-order valence-electron chi connectivity index (χ3n) is 7.36. The lowest BCUT2D eigenvalue weighted by Gasteiger charge is -2.23. The van der Waals surface area contributed by atoms with Gasteiger partial charge < -0.3 is 19.3 Å². The van der Waals surface area contributed by atoms with Crippen LogP contribution in [0.2, 0.25) is 0 Å². The molecule has 14 heteroatoms. The molecule has 0 aliphatic rings. The number of sulfone groups is 2. The van der Waals surface area contributed by atoms with Gasteiger partial charge in [-0.05, 0) is 102 Å². The van der Waals surface area contributed by atoms with Gasteiger partial charge in [-0.15, -0.1) is 0 Å². The van der Waals surface area contributed by atoms with Gasteiger partial charge in [0.1, 0.15) is 13.2 Å². The molecule has 0 fully saturated rings. The van der Waals surface area contributed by atoms with Gasteiger partial charge in [0, 0.05) is 48.9 Å². The highest BCUT2D eigenvalue weighted by molar-refractivity contribution is 8.08. The van der Waals surface area contributed by atoms with Crippen molar-refractivity contribution in [2.75, 3.05) is 76.4 Å². The quantitative estimate of drug-likeness (QED) is 0.244. The number of nitrogens with one attached hydrogen (secondary N) is 2. The zero-order valence-corrected chi connectivity index (χ0v) is 29.3. The number of hydrogen-bond acceptors (Lipinski definition) is 10. The Bertz CT molecular complexity index is 1390. The maximum atomic E-state index is 12.5. The molecule has 2 aromatic carbocycles. The van der Waals surface area contributed by atoms with Gasteiger partial charge in [-0.1, -0.05) is 0 Å². The minimum atomic E-state index is -4.13. The summed E-state index contributed by atoms with van der Waals surface area (Å²) in [6.07, 6.45) is -1.69. The number of carbonyl (C=O) groups excluding carboxylic acids is 2. The molecule has 2 N–H and O–H groups in total. The zero-order chi connectivity index (χ0) is 33.9. The van der Waals surface area contributed by atoms with Gasteiger partial charge in [-0.3, -0.25) is 10.6 Å². The highest BCUT2D eigenvalue weighted by Gasteiger charge is 2.24. The largest absolute Gasteiger partial charge is 0.448 e. The Hall–Kier alpha value is -3.52. The number of hydrogen-bond donors (Lipinski definition) is 2. The molecular weight excluding hydrogens is 620 g/mol. The van der Waals surface area contributed by atoms with Crippen LogP contribution < -0.4 is 20.4 Å². The molecule has 252 valence electrons. The first-order valence-corrected chi connectivity index (χ1v) is 18.7. The molecule has 2 amide bonds. The first kappa shape index (κ1) is 37.7. The first-order chi connectivity index (χ1) is 21.1. The lowest BCUT2D eigenvalue weighted by atomic mass is 10.1. The molecular formula is C31H48N4O8S2. The number of benzene rings is 2. The molecule has 45 heavy (non-hydrogen) atoms. The minimum absolute atomic E-state index is 0.524. The molecule has 0 aliphatic heterocycles. The Morgan fingerprint density at radius 3 is 1.16 bits per heavy atom. The second-order valence-corrected chi connectivity index (χ2v) is 15.5. The number of rotatable bonds is 16. The summed E-state index contributed by atoms with van der Waals surface area (Å²) in [4.78, 5) is 29.1. The van der Waals surface area contributed by atoms with Crippen molar-refractivity contribution in [1.82, 2.24) is 0 Å². The molecule has 2 rings (SSSR count). The zero-order valence-electron chi connectivity index (χ0n) is 27.7. The lowest BCUT2D eigenvalue weighted by Crippen LogP contribution is -2.27. The monoisotopic (exact) mass is 668 g/mol. The molecule has 0 unspecified atom stereocenters. The first-order valence-electron chi connectivity index (χ1n) is 15.1. The number of nitrogens with zero attached hydrogens (tertiary/aromatic N) is 2. The molecule has 0 radical (unpaired) electrons. The van der Waals surface area contributed by atoms with Crippen molar-refractivity contribution in [3.63, 3.8) is 0 Å². The van der Waals surface area contributed by atoms with E-state index in [4.69, 9.17) is 9.47 Å². The van der Waals surface area contributed by atoms with Crippen LogP contribution in [0.3, 0.4) is 0 Å². The molecule has 0 spiro atoms. The summed E-state index contributed by atoms with van der Waals surface area (Å²) < 4.78 is 59.9. The maximum Gasteiger partial charge on any atom is 0.411 e. The van der Waals surface area contributed by atoms with Crippen LogP contribution in [0.1, 0.15) is 49.9 Å². The third-order valence-corrected chi connectivity index (χ3v) is 11.8. The number of aryl methyl sites for hydroxylation is 4. The van der Waals surface area contributed by atoms with Crippen molar-refractivity contribution >= 4 is 54.6 Å². The third kappa shape index (κ3) is 11.4. The van der Waals surface area contributed by atoms with Crippen molar-refractivity contribution < 1.29 is 35.9 Å². The van der Waals surface area contributed by atoms with Crippen LogP contribution in [0.15, 0.2) is 24.3 Å². The van der Waals surface area contributed by atoms with Gasteiger partial charge in [-0.25, -0.2) is 26.4 Å². The molecule has 0 aromatic heterocycles. The minimum Gasteiger partial charge on any atom is -0.448 e. The molecule has 0 saturated carbocycles. The van der Waals surface area contributed by atoms with E-state index in [9.17, 15) is 26.4 Å². The van der Waals surface area contributed by atoms with E-state index in [1.54, 1.807) is 0 Å². The number of amides is 2. The predicted molar refractivity (Wildman–Crippen MR) is 181 cm³/mol. The van der Waals surface area contributed by atoms with Crippen molar-refractivity contribution in [2.24, 2.45) is 0 Å². The summed E-state index contributed by atoms with van der Waals surface area (Å²) in [5.41, 5.74) is 6.46. The second-order valence-electron chi connectivity index (χ2n) is 10.8. The maximum absolute atomic E-state index is 12.5. The normalized spacial score (nSPS) is 11.6. The van der Waals surface area contributed by atoms with Gasteiger partial charge in [0.2, 0.25) is 0 Å². The van der Waals surface area contributed by atoms with Crippen LogP contribution in [0.25, 0.3) is 0 Å². The fraction of sp³-hybridized carbons (Fsp3) is 0.548. The van der Waals surface area contributed by atoms with Gasteiger partial charge in [0.05, 0.1) is 11.5 Å².